The fourth-order valence-electron chi connectivity index (χ4n) is 2.28. The van der Waals surface area contributed by atoms with E-state index in [9.17, 15) is 5.11 Å². The number of aliphatic hydroxyl groups excluding tert-OH is 1. The van der Waals surface area contributed by atoms with Gasteiger partial charge in [-0.1, -0.05) is 18.2 Å². The number of benzene rings is 1. The van der Waals surface area contributed by atoms with E-state index >= 15 is 0 Å². The zero-order chi connectivity index (χ0) is 18.0. The van der Waals surface area contributed by atoms with Crippen LogP contribution in [0.1, 0.15) is 0 Å². The quantitative estimate of drug-likeness (QED) is 0.539. The van der Waals surface area contributed by atoms with Gasteiger partial charge in [0.2, 0.25) is 5.88 Å². The molecule has 0 amide bonds. The second-order valence-corrected chi connectivity index (χ2v) is 5.65. The predicted octanol–water partition coefficient (Wildman–Crippen LogP) is 1.68. The molecule has 0 saturated heterocycles. The van der Waals surface area contributed by atoms with Gasteiger partial charge in [-0.15, -0.1) is 10.2 Å². The summed E-state index contributed by atoms with van der Waals surface area (Å²) in [7, 11) is 0. The molecule has 0 aliphatic heterocycles. The van der Waals surface area contributed by atoms with E-state index in [2.05, 4.69) is 15.5 Å². The molecule has 0 spiro atoms. The molecule has 3 aromatic rings. The average Bonchev–Trinajstić information content (AvgIpc) is 3.22. The maximum Gasteiger partial charge on any atom is 0.233 e. The van der Waals surface area contributed by atoms with Crippen LogP contribution >= 0.6 is 0 Å². The van der Waals surface area contributed by atoms with Crippen molar-refractivity contribution in [3.05, 3.63) is 67.0 Å². The lowest BCUT2D eigenvalue weighted by molar-refractivity contribution is 0.102. The minimum absolute atomic E-state index is 0.143. The van der Waals surface area contributed by atoms with Crippen LogP contribution < -0.4 is 14.8 Å². The highest BCUT2D eigenvalue weighted by Crippen LogP contribution is 2.09. The molecule has 2 aromatic heterocycles. The molecule has 26 heavy (non-hydrogen) atoms. The number of ether oxygens (including phenoxy) is 2. The first-order valence-corrected chi connectivity index (χ1v) is 8.48. The highest BCUT2D eigenvalue weighted by atomic mass is 16.5. The van der Waals surface area contributed by atoms with Crippen molar-refractivity contribution in [3.63, 3.8) is 0 Å². The second-order valence-electron chi connectivity index (χ2n) is 5.65. The van der Waals surface area contributed by atoms with Crippen molar-refractivity contribution in [2.45, 2.75) is 6.10 Å². The van der Waals surface area contributed by atoms with Gasteiger partial charge in [-0.3, -0.25) is 0 Å². The minimum Gasteiger partial charge on any atom is -0.492 e. The fourth-order valence-corrected chi connectivity index (χ4v) is 2.28. The molecule has 0 bridgehead atoms. The van der Waals surface area contributed by atoms with E-state index in [1.54, 1.807) is 6.07 Å². The highest BCUT2D eigenvalue weighted by Gasteiger charge is 2.06. The van der Waals surface area contributed by atoms with Gasteiger partial charge in [0, 0.05) is 31.5 Å². The molecular formula is C19H22N4O3. The summed E-state index contributed by atoms with van der Waals surface area (Å²) < 4.78 is 12.9. The Hall–Kier alpha value is -2.90. The Morgan fingerprint density at radius 1 is 0.962 bits per heavy atom. The van der Waals surface area contributed by atoms with Gasteiger partial charge in [0.05, 0.1) is 0 Å². The number of aliphatic hydroxyl groups is 1. The summed E-state index contributed by atoms with van der Waals surface area (Å²) >= 11 is 0. The standard InChI is InChI=1S/C19H22N4O3/c24-16(14-20-10-13-25-17-6-2-1-3-7-17)15-26-19-9-8-18(21-22-19)23-11-4-5-12-23/h1-9,11-12,16,20,24H,10,13-15H2. The summed E-state index contributed by atoms with van der Waals surface area (Å²) in [5.74, 6) is 1.93. The van der Waals surface area contributed by atoms with Crippen LogP contribution in [0.3, 0.4) is 0 Å². The van der Waals surface area contributed by atoms with Gasteiger partial charge in [-0.2, -0.15) is 0 Å². The van der Waals surface area contributed by atoms with Gasteiger partial charge >= 0.3 is 0 Å². The van der Waals surface area contributed by atoms with Gasteiger partial charge in [-0.05, 0) is 30.3 Å². The third kappa shape index (κ3) is 5.58. The smallest absolute Gasteiger partial charge is 0.233 e. The van der Waals surface area contributed by atoms with E-state index in [4.69, 9.17) is 9.47 Å². The Labute approximate surface area is 152 Å². The molecule has 3 rings (SSSR count). The summed E-state index contributed by atoms with van der Waals surface area (Å²) in [4.78, 5) is 0. The average molecular weight is 354 g/mol. The van der Waals surface area contributed by atoms with Crippen molar-refractivity contribution in [1.29, 1.82) is 0 Å². The van der Waals surface area contributed by atoms with E-state index in [-0.39, 0.29) is 6.61 Å². The molecule has 2 N–H and O–H groups in total. The SMILES string of the molecule is OC(CNCCOc1ccccc1)COc1ccc(-n2cccc2)nn1. The van der Waals surface area contributed by atoms with Crippen LogP contribution in [0.4, 0.5) is 0 Å². The van der Waals surface area contributed by atoms with Crippen LogP contribution in [-0.2, 0) is 0 Å². The highest BCUT2D eigenvalue weighted by molar-refractivity contribution is 5.24. The molecule has 0 saturated carbocycles. The van der Waals surface area contributed by atoms with Crippen molar-refractivity contribution in [1.82, 2.24) is 20.1 Å². The maximum atomic E-state index is 9.95. The molecular weight excluding hydrogens is 332 g/mol. The van der Waals surface area contributed by atoms with Crippen molar-refractivity contribution in [2.24, 2.45) is 0 Å². The van der Waals surface area contributed by atoms with Crippen molar-refractivity contribution < 1.29 is 14.6 Å². The van der Waals surface area contributed by atoms with Crippen molar-refractivity contribution in [3.8, 4) is 17.4 Å². The lowest BCUT2D eigenvalue weighted by atomic mass is 10.3. The molecule has 7 heteroatoms. The fraction of sp³-hybridized carbons (Fsp3) is 0.263. The van der Waals surface area contributed by atoms with Crippen LogP contribution in [0.25, 0.3) is 5.82 Å². The van der Waals surface area contributed by atoms with Crippen molar-refractivity contribution in [2.75, 3.05) is 26.3 Å². The van der Waals surface area contributed by atoms with E-state index in [1.165, 1.54) is 0 Å². The molecule has 0 radical (unpaired) electrons. The largest absolute Gasteiger partial charge is 0.492 e. The summed E-state index contributed by atoms with van der Waals surface area (Å²) in [6.45, 7) is 1.72. The van der Waals surface area contributed by atoms with Crippen molar-refractivity contribution >= 4 is 0 Å². The number of hydrogen-bond acceptors (Lipinski definition) is 6. The summed E-state index contributed by atoms with van der Waals surface area (Å²) in [5.41, 5.74) is 0. The first-order valence-electron chi connectivity index (χ1n) is 8.48. The van der Waals surface area contributed by atoms with E-state index in [0.717, 1.165) is 5.75 Å². The minimum atomic E-state index is -0.641. The number of hydrogen-bond donors (Lipinski definition) is 2. The van der Waals surface area contributed by atoms with E-state index in [0.29, 0.717) is 31.4 Å². The second kappa shape index (κ2) is 9.55. The normalized spacial score (nSPS) is 11.9. The van der Waals surface area contributed by atoms with Crippen LogP contribution in [-0.4, -0.2) is 52.3 Å². The van der Waals surface area contributed by atoms with Crippen LogP contribution in [0, 0.1) is 0 Å². The van der Waals surface area contributed by atoms with E-state index in [1.807, 2.05) is 65.5 Å². The monoisotopic (exact) mass is 354 g/mol. The molecule has 136 valence electrons. The Bertz CT molecular complexity index is 748. The number of nitrogens with one attached hydrogen (secondary N) is 1. The third-order valence-electron chi connectivity index (χ3n) is 3.59. The molecule has 1 aromatic carbocycles. The van der Waals surface area contributed by atoms with Gasteiger partial charge in [-0.25, -0.2) is 0 Å². The summed E-state index contributed by atoms with van der Waals surface area (Å²) in [6, 6.07) is 17.0. The topological polar surface area (TPSA) is 81.4 Å². The molecule has 1 atom stereocenters. The number of nitrogens with zero attached hydrogens (tertiary/aromatic N) is 3. The van der Waals surface area contributed by atoms with Crippen LogP contribution in [0.15, 0.2) is 67.0 Å². The van der Waals surface area contributed by atoms with Gasteiger partial charge in [0.1, 0.15) is 25.1 Å². The number of para-hydroxylation sites is 1. The Balaban J connectivity index is 1.30. The third-order valence-corrected chi connectivity index (χ3v) is 3.59. The maximum absolute atomic E-state index is 9.95. The Kier molecular flexibility index (Phi) is 6.58. The lowest BCUT2D eigenvalue weighted by Gasteiger charge is -2.13. The zero-order valence-electron chi connectivity index (χ0n) is 14.4. The Morgan fingerprint density at radius 3 is 2.50 bits per heavy atom. The van der Waals surface area contributed by atoms with Gasteiger partial charge < -0.3 is 24.5 Å². The Morgan fingerprint density at radius 2 is 1.77 bits per heavy atom. The van der Waals surface area contributed by atoms with Crippen LogP contribution in [0.5, 0.6) is 11.6 Å². The van der Waals surface area contributed by atoms with Gasteiger partial charge in [0.15, 0.2) is 5.82 Å². The van der Waals surface area contributed by atoms with Gasteiger partial charge in [0.25, 0.3) is 0 Å². The molecule has 1 unspecified atom stereocenters. The first kappa shape index (κ1) is 17.9. The first-order chi connectivity index (χ1) is 12.8. The molecule has 0 aliphatic rings. The van der Waals surface area contributed by atoms with Crippen LogP contribution in [0.2, 0.25) is 0 Å². The summed E-state index contributed by atoms with van der Waals surface area (Å²) in [6.07, 6.45) is 3.14. The number of rotatable bonds is 10. The summed E-state index contributed by atoms with van der Waals surface area (Å²) in [5, 5.41) is 21.2. The van der Waals surface area contributed by atoms with E-state index < -0.39 is 6.10 Å². The predicted molar refractivity (Wildman–Crippen MR) is 97.7 cm³/mol. The zero-order valence-corrected chi connectivity index (χ0v) is 14.4. The molecule has 2 heterocycles. The number of aromatic nitrogens is 3. The molecule has 7 nitrogen and oxygen atoms in total. The molecule has 0 aliphatic carbocycles. The lowest BCUT2D eigenvalue weighted by Crippen LogP contribution is -2.33. The molecule has 0 fully saturated rings.